The van der Waals surface area contributed by atoms with Gasteiger partial charge in [0.25, 0.3) is 0 Å². The zero-order chi connectivity index (χ0) is 17.8. The summed E-state index contributed by atoms with van der Waals surface area (Å²) >= 11 is 1.60. The molecule has 2 heterocycles. The number of thiophene rings is 1. The van der Waals surface area contributed by atoms with Crippen molar-refractivity contribution in [2.75, 3.05) is 0 Å². The van der Waals surface area contributed by atoms with Gasteiger partial charge in [0.1, 0.15) is 12.2 Å². The summed E-state index contributed by atoms with van der Waals surface area (Å²) in [6.45, 7) is 4.07. The summed E-state index contributed by atoms with van der Waals surface area (Å²) in [4.78, 5) is 25.8. The van der Waals surface area contributed by atoms with Crippen LogP contribution in [0.4, 0.5) is 0 Å². The maximum absolute atomic E-state index is 11.9. The van der Waals surface area contributed by atoms with Crippen LogP contribution in [-0.4, -0.2) is 5.97 Å². The van der Waals surface area contributed by atoms with E-state index >= 15 is 0 Å². The van der Waals surface area contributed by atoms with Crippen molar-refractivity contribution in [3.05, 3.63) is 73.8 Å². The minimum atomic E-state index is -0.448. The Balaban J connectivity index is 1.75. The standard InChI is InChI=1S/C20H18O4S/c1-3-14-5-8-17-15(11-20(22)24-18(17)10-14)12-23-19(21)9-7-16-6-4-13(2)25-16/h4-11H,3,12H2,1-2H3/b9-7+. The van der Waals surface area contributed by atoms with E-state index in [-0.39, 0.29) is 6.61 Å². The fraction of sp³-hybridized carbons (Fsp3) is 0.200. The highest BCUT2D eigenvalue weighted by Crippen LogP contribution is 2.20. The third-order valence-electron chi connectivity index (χ3n) is 3.82. The highest BCUT2D eigenvalue weighted by atomic mass is 32.1. The summed E-state index contributed by atoms with van der Waals surface area (Å²) in [7, 11) is 0. The highest BCUT2D eigenvalue weighted by Gasteiger charge is 2.08. The molecule has 0 bridgehead atoms. The normalized spacial score (nSPS) is 11.3. The maximum Gasteiger partial charge on any atom is 0.336 e. The van der Waals surface area contributed by atoms with Gasteiger partial charge in [-0.25, -0.2) is 9.59 Å². The molecule has 3 rings (SSSR count). The second-order valence-electron chi connectivity index (χ2n) is 5.66. The van der Waals surface area contributed by atoms with Crippen LogP contribution in [0.5, 0.6) is 0 Å². The Morgan fingerprint density at radius 3 is 2.80 bits per heavy atom. The van der Waals surface area contributed by atoms with Crippen molar-refractivity contribution < 1.29 is 13.9 Å². The van der Waals surface area contributed by atoms with Crippen LogP contribution in [-0.2, 0) is 22.6 Å². The number of hydrogen-bond acceptors (Lipinski definition) is 5. The molecule has 0 atom stereocenters. The molecule has 0 aliphatic rings. The van der Waals surface area contributed by atoms with E-state index in [1.165, 1.54) is 17.0 Å². The van der Waals surface area contributed by atoms with Crippen molar-refractivity contribution in [2.45, 2.75) is 26.9 Å². The van der Waals surface area contributed by atoms with Gasteiger partial charge >= 0.3 is 11.6 Å². The Morgan fingerprint density at radius 2 is 2.08 bits per heavy atom. The van der Waals surface area contributed by atoms with Gasteiger partial charge in [0.2, 0.25) is 0 Å². The van der Waals surface area contributed by atoms with E-state index in [1.54, 1.807) is 17.4 Å². The molecule has 25 heavy (non-hydrogen) atoms. The summed E-state index contributed by atoms with van der Waals surface area (Å²) in [5, 5.41) is 0.780. The molecule has 0 fully saturated rings. The molecule has 5 heteroatoms. The van der Waals surface area contributed by atoms with Gasteiger partial charge in [-0.3, -0.25) is 0 Å². The van der Waals surface area contributed by atoms with E-state index in [9.17, 15) is 9.59 Å². The lowest BCUT2D eigenvalue weighted by Gasteiger charge is -2.07. The lowest BCUT2D eigenvalue weighted by molar-refractivity contribution is -0.138. The van der Waals surface area contributed by atoms with Crippen LogP contribution in [0, 0.1) is 6.92 Å². The second kappa shape index (κ2) is 7.49. The SMILES string of the molecule is CCc1ccc2c(COC(=O)/C=C/c3ccc(C)s3)cc(=O)oc2c1. The van der Waals surface area contributed by atoms with Gasteiger partial charge in [0.15, 0.2) is 0 Å². The highest BCUT2D eigenvalue weighted by molar-refractivity contribution is 7.12. The number of esters is 1. The first-order valence-corrected chi connectivity index (χ1v) is 8.84. The monoisotopic (exact) mass is 354 g/mol. The largest absolute Gasteiger partial charge is 0.458 e. The minimum Gasteiger partial charge on any atom is -0.458 e. The summed E-state index contributed by atoms with van der Waals surface area (Å²) in [6.07, 6.45) is 3.98. The van der Waals surface area contributed by atoms with Crippen molar-refractivity contribution in [1.29, 1.82) is 0 Å². The predicted octanol–water partition coefficient (Wildman–Crippen LogP) is 4.48. The lowest BCUT2D eigenvalue weighted by atomic mass is 10.1. The van der Waals surface area contributed by atoms with Crippen molar-refractivity contribution in [2.24, 2.45) is 0 Å². The average molecular weight is 354 g/mol. The van der Waals surface area contributed by atoms with Gasteiger partial charge in [-0.05, 0) is 43.2 Å². The van der Waals surface area contributed by atoms with Crippen LogP contribution in [0.3, 0.4) is 0 Å². The van der Waals surface area contributed by atoms with Crippen LogP contribution in [0.1, 0.15) is 27.8 Å². The molecule has 0 saturated carbocycles. The van der Waals surface area contributed by atoms with Gasteiger partial charge in [-0.1, -0.05) is 19.1 Å². The molecule has 0 aliphatic carbocycles. The molecule has 0 N–H and O–H groups in total. The quantitative estimate of drug-likeness (QED) is 0.385. The van der Waals surface area contributed by atoms with E-state index < -0.39 is 11.6 Å². The second-order valence-corrected chi connectivity index (χ2v) is 6.98. The summed E-state index contributed by atoms with van der Waals surface area (Å²) < 4.78 is 10.5. The van der Waals surface area contributed by atoms with Crippen LogP contribution >= 0.6 is 11.3 Å². The Morgan fingerprint density at radius 1 is 1.24 bits per heavy atom. The average Bonchev–Trinajstić information content (AvgIpc) is 3.02. The van der Waals surface area contributed by atoms with Crippen LogP contribution in [0.15, 0.2) is 51.7 Å². The van der Waals surface area contributed by atoms with Gasteiger partial charge in [0, 0.05) is 32.8 Å². The van der Waals surface area contributed by atoms with Crippen LogP contribution in [0.25, 0.3) is 17.0 Å². The molecule has 0 amide bonds. The first-order chi connectivity index (χ1) is 12.0. The van der Waals surface area contributed by atoms with Crippen LogP contribution in [0.2, 0.25) is 0 Å². The topological polar surface area (TPSA) is 56.5 Å². The Labute approximate surface area is 149 Å². The molecular weight excluding hydrogens is 336 g/mol. The molecule has 2 aromatic heterocycles. The number of carbonyl (C=O) groups excluding carboxylic acids is 1. The maximum atomic E-state index is 11.9. The summed E-state index contributed by atoms with van der Waals surface area (Å²) in [5.74, 6) is -0.447. The predicted molar refractivity (Wildman–Crippen MR) is 99.7 cm³/mol. The number of fused-ring (bicyclic) bond motifs is 1. The molecule has 0 unspecified atom stereocenters. The van der Waals surface area contributed by atoms with E-state index in [0.29, 0.717) is 11.1 Å². The minimum absolute atomic E-state index is 0.0280. The van der Waals surface area contributed by atoms with Crippen molar-refractivity contribution >= 4 is 34.4 Å². The smallest absolute Gasteiger partial charge is 0.336 e. The van der Waals surface area contributed by atoms with Gasteiger partial charge in [-0.2, -0.15) is 0 Å². The van der Waals surface area contributed by atoms with Crippen LogP contribution < -0.4 is 5.63 Å². The Kier molecular flexibility index (Phi) is 5.14. The molecule has 4 nitrogen and oxygen atoms in total. The van der Waals surface area contributed by atoms with E-state index in [4.69, 9.17) is 9.15 Å². The van der Waals surface area contributed by atoms with E-state index in [2.05, 4.69) is 0 Å². The molecule has 0 saturated heterocycles. The van der Waals surface area contributed by atoms with Crippen molar-refractivity contribution in [3.63, 3.8) is 0 Å². The zero-order valence-electron chi connectivity index (χ0n) is 14.1. The molecule has 128 valence electrons. The number of aryl methyl sites for hydroxylation is 2. The molecule has 1 aromatic carbocycles. The molecule has 3 aromatic rings. The van der Waals surface area contributed by atoms with Gasteiger partial charge < -0.3 is 9.15 Å². The summed E-state index contributed by atoms with van der Waals surface area (Å²) in [5.41, 5.74) is 1.79. The first-order valence-electron chi connectivity index (χ1n) is 8.02. The van der Waals surface area contributed by atoms with Crippen molar-refractivity contribution in [1.82, 2.24) is 0 Å². The zero-order valence-corrected chi connectivity index (χ0v) is 14.9. The Hall–Kier alpha value is -2.66. The third kappa shape index (κ3) is 4.25. The molecule has 0 radical (unpaired) electrons. The number of ether oxygens (including phenoxy) is 1. The number of hydrogen-bond donors (Lipinski definition) is 0. The van der Waals surface area contributed by atoms with E-state index in [1.807, 2.05) is 44.2 Å². The fourth-order valence-corrected chi connectivity index (χ4v) is 3.28. The molecule has 0 aliphatic heterocycles. The third-order valence-corrected chi connectivity index (χ3v) is 4.78. The van der Waals surface area contributed by atoms with Gasteiger partial charge in [-0.15, -0.1) is 11.3 Å². The van der Waals surface area contributed by atoms with Gasteiger partial charge in [0.05, 0.1) is 0 Å². The Bertz CT molecular complexity index is 994. The fourth-order valence-electron chi connectivity index (χ4n) is 2.50. The molecular formula is C20H18O4S. The number of carbonyl (C=O) groups is 1. The molecule has 0 spiro atoms. The first kappa shape index (κ1) is 17.2. The van der Waals surface area contributed by atoms with Crippen molar-refractivity contribution in [3.8, 4) is 0 Å². The lowest BCUT2D eigenvalue weighted by Crippen LogP contribution is -2.05. The number of benzene rings is 1. The number of rotatable bonds is 5. The summed E-state index contributed by atoms with van der Waals surface area (Å²) in [6, 6.07) is 11.0. The van der Waals surface area contributed by atoms with E-state index in [0.717, 1.165) is 22.2 Å².